The van der Waals surface area contributed by atoms with Gasteiger partial charge in [0.2, 0.25) is 0 Å². The maximum atomic E-state index is 10.7. The largest absolute Gasteiger partial charge is 0.449 e. The van der Waals surface area contributed by atoms with E-state index in [1.54, 1.807) is 6.92 Å². The SMILES string of the molecule is C=S(C)(=O)NC(=O)OCC. The van der Waals surface area contributed by atoms with Gasteiger partial charge in [0, 0.05) is 16.0 Å². The molecule has 0 radical (unpaired) electrons. The first-order valence-electron chi connectivity index (χ1n) is 2.72. The van der Waals surface area contributed by atoms with Crippen LogP contribution in [0.3, 0.4) is 0 Å². The molecule has 4 nitrogen and oxygen atoms in total. The molecule has 0 heterocycles. The molecular weight excluding hydrogens is 154 g/mol. The zero-order valence-corrected chi connectivity index (χ0v) is 6.86. The lowest BCUT2D eigenvalue weighted by atomic mass is 10.9. The number of rotatable bonds is 2. The van der Waals surface area contributed by atoms with Crippen LogP contribution in [-0.4, -0.2) is 29.0 Å². The van der Waals surface area contributed by atoms with Crippen LogP contribution >= 0.6 is 0 Å². The molecule has 1 N–H and O–H groups in total. The predicted molar refractivity (Wildman–Crippen MR) is 41.3 cm³/mol. The molecule has 0 aliphatic rings. The van der Waals surface area contributed by atoms with E-state index in [-0.39, 0.29) is 6.61 Å². The van der Waals surface area contributed by atoms with Crippen molar-refractivity contribution in [1.82, 2.24) is 4.72 Å². The molecule has 0 saturated heterocycles. The Balaban J connectivity index is 3.82. The molecule has 0 spiro atoms. The summed E-state index contributed by atoms with van der Waals surface area (Å²) in [4.78, 5) is 10.5. The Morgan fingerprint density at radius 3 is 2.60 bits per heavy atom. The van der Waals surface area contributed by atoms with Crippen molar-refractivity contribution in [2.45, 2.75) is 6.92 Å². The zero-order valence-electron chi connectivity index (χ0n) is 6.05. The van der Waals surface area contributed by atoms with Gasteiger partial charge in [-0.15, -0.1) is 0 Å². The molecule has 0 bridgehead atoms. The fourth-order valence-electron chi connectivity index (χ4n) is 0.337. The van der Waals surface area contributed by atoms with Crippen LogP contribution in [0.25, 0.3) is 0 Å². The molecule has 0 fully saturated rings. The van der Waals surface area contributed by atoms with Crippen molar-refractivity contribution in [2.75, 3.05) is 12.9 Å². The van der Waals surface area contributed by atoms with Gasteiger partial charge in [0.25, 0.3) is 0 Å². The Kier molecular flexibility index (Phi) is 3.21. The van der Waals surface area contributed by atoms with E-state index in [9.17, 15) is 9.00 Å². The first-order chi connectivity index (χ1) is 4.45. The molecular formula is C5H11NO3S. The average Bonchev–Trinajstić information content (AvgIpc) is 1.59. The van der Waals surface area contributed by atoms with E-state index >= 15 is 0 Å². The lowest BCUT2D eigenvalue weighted by molar-refractivity contribution is 0.159. The van der Waals surface area contributed by atoms with Crippen LogP contribution in [-0.2, 0) is 14.4 Å². The molecule has 1 atom stereocenters. The van der Waals surface area contributed by atoms with Crippen molar-refractivity contribution in [3.63, 3.8) is 0 Å². The van der Waals surface area contributed by atoms with Gasteiger partial charge in [-0.25, -0.2) is 13.7 Å². The minimum atomic E-state index is -2.47. The van der Waals surface area contributed by atoms with Crippen LogP contribution in [0, 0.1) is 0 Å². The minimum absolute atomic E-state index is 0.265. The lowest BCUT2D eigenvalue weighted by Gasteiger charge is -2.04. The zero-order chi connectivity index (χ0) is 8.20. The van der Waals surface area contributed by atoms with Crippen molar-refractivity contribution in [1.29, 1.82) is 0 Å². The van der Waals surface area contributed by atoms with Crippen molar-refractivity contribution >= 4 is 21.7 Å². The third-order valence-electron chi connectivity index (χ3n) is 0.575. The van der Waals surface area contributed by atoms with E-state index in [0.29, 0.717) is 0 Å². The van der Waals surface area contributed by atoms with Crippen LogP contribution in [0.2, 0.25) is 0 Å². The van der Waals surface area contributed by atoms with Gasteiger partial charge in [0.1, 0.15) is 0 Å². The first kappa shape index (κ1) is 9.29. The van der Waals surface area contributed by atoms with Crippen LogP contribution in [0.1, 0.15) is 6.92 Å². The summed E-state index contributed by atoms with van der Waals surface area (Å²) in [6.45, 7) is 1.93. The van der Waals surface area contributed by atoms with E-state index in [1.165, 1.54) is 6.26 Å². The molecule has 0 aromatic carbocycles. The maximum absolute atomic E-state index is 10.7. The smallest absolute Gasteiger partial charge is 0.418 e. The van der Waals surface area contributed by atoms with Crippen LogP contribution in [0.15, 0.2) is 0 Å². The normalized spacial score (nSPS) is 15.4. The lowest BCUT2D eigenvalue weighted by Crippen LogP contribution is -2.29. The van der Waals surface area contributed by atoms with Crippen LogP contribution in [0.5, 0.6) is 0 Å². The number of ether oxygens (including phenoxy) is 1. The van der Waals surface area contributed by atoms with E-state index < -0.39 is 15.8 Å². The highest BCUT2D eigenvalue weighted by Gasteiger charge is 2.01. The first-order valence-corrected chi connectivity index (χ1v) is 4.86. The van der Waals surface area contributed by atoms with Gasteiger partial charge in [-0.3, -0.25) is 0 Å². The maximum Gasteiger partial charge on any atom is 0.418 e. The average molecular weight is 165 g/mol. The fourth-order valence-corrected chi connectivity index (χ4v) is 0.748. The second kappa shape index (κ2) is 3.46. The van der Waals surface area contributed by atoms with E-state index in [2.05, 4.69) is 15.3 Å². The summed E-state index contributed by atoms with van der Waals surface area (Å²) in [6, 6.07) is 0. The summed E-state index contributed by atoms with van der Waals surface area (Å²) in [5.74, 6) is 3.21. The summed E-state index contributed by atoms with van der Waals surface area (Å²) in [7, 11) is -2.47. The summed E-state index contributed by atoms with van der Waals surface area (Å²) in [6.07, 6.45) is 0.634. The molecule has 0 aromatic rings. The highest BCUT2D eigenvalue weighted by atomic mass is 32.2. The number of amides is 1. The molecule has 1 amide bonds. The number of nitrogens with one attached hydrogen (secondary N) is 1. The summed E-state index contributed by atoms with van der Waals surface area (Å²) >= 11 is 0. The van der Waals surface area contributed by atoms with Crippen molar-refractivity contribution in [3.05, 3.63) is 0 Å². The highest BCUT2D eigenvalue weighted by molar-refractivity contribution is 7.98. The third kappa shape index (κ3) is 5.43. The monoisotopic (exact) mass is 165 g/mol. The molecule has 0 rings (SSSR count). The van der Waals surface area contributed by atoms with Crippen LogP contribution in [0.4, 0.5) is 4.79 Å². The van der Waals surface area contributed by atoms with Crippen molar-refractivity contribution in [2.24, 2.45) is 0 Å². The van der Waals surface area contributed by atoms with E-state index in [4.69, 9.17) is 0 Å². The van der Waals surface area contributed by atoms with E-state index in [0.717, 1.165) is 0 Å². The van der Waals surface area contributed by atoms with Crippen molar-refractivity contribution in [3.8, 4) is 0 Å². The summed E-state index contributed by atoms with van der Waals surface area (Å²) < 4.78 is 17.3. The Labute approximate surface area is 60.7 Å². The number of carbonyl (C=O) groups excluding carboxylic acids is 1. The highest BCUT2D eigenvalue weighted by Crippen LogP contribution is 1.79. The summed E-state index contributed by atoms with van der Waals surface area (Å²) in [5.41, 5.74) is 0. The van der Waals surface area contributed by atoms with E-state index in [1.807, 2.05) is 0 Å². The topological polar surface area (TPSA) is 55.4 Å². The number of hydrogen-bond donors (Lipinski definition) is 1. The Bertz CT molecular complexity index is 207. The Morgan fingerprint density at radius 2 is 2.30 bits per heavy atom. The van der Waals surface area contributed by atoms with Crippen LogP contribution < -0.4 is 4.72 Å². The van der Waals surface area contributed by atoms with Gasteiger partial charge in [0.05, 0.1) is 6.61 Å². The number of hydrogen-bond acceptors (Lipinski definition) is 3. The van der Waals surface area contributed by atoms with Crippen molar-refractivity contribution < 1.29 is 13.7 Å². The summed E-state index contributed by atoms with van der Waals surface area (Å²) in [5, 5.41) is 0. The van der Waals surface area contributed by atoms with Gasteiger partial charge in [-0.1, -0.05) is 0 Å². The van der Waals surface area contributed by atoms with Gasteiger partial charge in [-0.05, 0) is 12.8 Å². The predicted octanol–water partition coefficient (Wildman–Crippen LogP) is -0.00630. The molecule has 1 unspecified atom stereocenters. The minimum Gasteiger partial charge on any atom is -0.449 e. The molecule has 5 heteroatoms. The molecule has 60 valence electrons. The second-order valence-corrected chi connectivity index (χ2v) is 4.04. The molecule has 0 aliphatic carbocycles. The second-order valence-electron chi connectivity index (χ2n) is 1.83. The molecule has 0 saturated carbocycles. The molecule has 0 aliphatic heterocycles. The van der Waals surface area contributed by atoms with Gasteiger partial charge < -0.3 is 4.74 Å². The Morgan fingerprint density at radius 1 is 1.80 bits per heavy atom. The molecule has 0 aromatic heterocycles. The third-order valence-corrected chi connectivity index (χ3v) is 1.17. The van der Waals surface area contributed by atoms with Gasteiger partial charge in [0.15, 0.2) is 0 Å². The quantitative estimate of drug-likeness (QED) is 0.586. The standard InChI is InChI=1S/C5H11NO3S/c1-4-9-5(7)6-10(2,3)8/h2,4H2,1,3H3,(H,6,7,8). The fraction of sp³-hybridized carbons (Fsp3) is 0.600. The van der Waals surface area contributed by atoms with Gasteiger partial charge in [-0.2, -0.15) is 0 Å². The van der Waals surface area contributed by atoms with Gasteiger partial charge >= 0.3 is 6.09 Å². The number of carbonyl (C=O) groups is 1. The Hall–Kier alpha value is -0.710. The molecule has 10 heavy (non-hydrogen) atoms.